The number of aliphatic hydroxyl groups is 1. The molecule has 0 spiro atoms. The molecular formula is C27H37F3N6O2. The average molecular weight is 535 g/mol. The maximum atomic E-state index is 14.9. The third kappa shape index (κ3) is 8.68. The van der Waals surface area contributed by atoms with Gasteiger partial charge in [-0.05, 0) is 12.5 Å². The van der Waals surface area contributed by atoms with Crippen LogP contribution in [0.25, 0.3) is 0 Å². The smallest absolute Gasteiger partial charge is 0.346 e. The van der Waals surface area contributed by atoms with Gasteiger partial charge in [0, 0.05) is 18.2 Å². The molecule has 0 saturated carbocycles. The van der Waals surface area contributed by atoms with E-state index in [0.29, 0.717) is 12.5 Å². The van der Waals surface area contributed by atoms with Crippen molar-refractivity contribution < 1.29 is 18.3 Å². The lowest BCUT2D eigenvalue weighted by Crippen LogP contribution is -2.46. The zero-order valence-corrected chi connectivity index (χ0v) is 21.9. The molecule has 3 aromatic rings. The molecule has 11 heteroatoms. The lowest BCUT2D eigenvalue weighted by Gasteiger charge is -2.36. The second-order valence-electron chi connectivity index (χ2n) is 9.74. The predicted molar refractivity (Wildman–Crippen MR) is 139 cm³/mol. The number of H-pyrrole nitrogens is 1. The number of nitrogens with one attached hydrogen (secondary N) is 1. The van der Waals surface area contributed by atoms with Gasteiger partial charge in [-0.15, -0.1) is 0 Å². The van der Waals surface area contributed by atoms with E-state index in [-0.39, 0.29) is 31.0 Å². The Kier molecular flexibility index (Phi) is 11.3. The van der Waals surface area contributed by atoms with Crippen LogP contribution in [0.1, 0.15) is 76.7 Å². The van der Waals surface area contributed by atoms with Gasteiger partial charge < -0.3 is 10.0 Å². The Hall–Kier alpha value is -3.21. The lowest BCUT2D eigenvalue weighted by molar-refractivity contribution is 0.0182. The monoisotopic (exact) mass is 534 g/mol. The Morgan fingerprint density at radius 1 is 1.00 bits per heavy atom. The van der Waals surface area contributed by atoms with Crippen molar-refractivity contribution in [2.24, 2.45) is 0 Å². The Morgan fingerprint density at radius 3 is 2.32 bits per heavy atom. The largest absolute Gasteiger partial charge is 0.381 e. The minimum atomic E-state index is -1.96. The van der Waals surface area contributed by atoms with E-state index in [1.807, 2.05) is 0 Å². The number of rotatable bonds is 17. The summed E-state index contributed by atoms with van der Waals surface area (Å²) in [6.07, 6.45) is 14.5. The number of halogens is 3. The fraction of sp³-hybridized carbons (Fsp3) is 0.556. The van der Waals surface area contributed by atoms with Crippen molar-refractivity contribution in [2.45, 2.75) is 83.3 Å². The van der Waals surface area contributed by atoms with Crippen LogP contribution < -0.4 is 10.6 Å². The molecule has 0 saturated heterocycles. The molecule has 1 atom stereocenters. The number of aromatic amines is 1. The van der Waals surface area contributed by atoms with Crippen molar-refractivity contribution in [1.82, 2.24) is 24.7 Å². The molecule has 3 rings (SSSR count). The second kappa shape index (κ2) is 14.7. The molecule has 38 heavy (non-hydrogen) atoms. The molecule has 208 valence electrons. The predicted octanol–water partition coefficient (Wildman–Crippen LogP) is 5.09. The molecule has 0 aliphatic rings. The molecule has 0 bridgehead atoms. The van der Waals surface area contributed by atoms with Gasteiger partial charge in [0.2, 0.25) is 0 Å². The van der Waals surface area contributed by atoms with E-state index in [1.54, 1.807) is 0 Å². The van der Waals surface area contributed by atoms with E-state index in [1.165, 1.54) is 60.8 Å². The zero-order valence-electron chi connectivity index (χ0n) is 21.9. The summed E-state index contributed by atoms with van der Waals surface area (Å²) >= 11 is 0. The van der Waals surface area contributed by atoms with Gasteiger partial charge in [-0.3, -0.25) is 4.98 Å². The van der Waals surface area contributed by atoms with E-state index >= 15 is 0 Å². The van der Waals surface area contributed by atoms with Crippen molar-refractivity contribution in [2.75, 3.05) is 18.0 Å². The number of benzene rings is 1. The Morgan fingerprint density at radius 2 is 1.68 bits per heavy atom. The number of hydrogen-bond donors (Lipinski definition) is 2. The maximum absolute atomic E-state index is 14.9. The fourth-order valence-corrected chi connectivity index (χ4v) is 4.65. The molecule has 8 nitrogen and oxygen atoms in total. The summed E-state index contributed by atoms with van der Waals surface area (Å²) in [6, 6.07) is 2.89. The third-order valence-electron chi connectivity index (χ3n) is 6.62. The van der Waals surface area contributed by atoms with Gasteiger partial charge in [0.25, 0.3) is 0 Å². The van der Waals surface area contributed by atoms with Crippen LogP contribution in [0, 0.1) is 17.5 Å². The van der Waals surface area contributed by atoms with Crippen molar-refractivity contribution in [3.63, 3.8) is 0 Å². The summed E-state index contributed by atoms with van der Waals surface area (Å²) in [5.41, 5.74) is -2.89. The highest BCUT2D eigenvalue weighted by molar-refractivity contribution is 5.40. The van der Waals surface area contributed by atoms with Gasteiger partial charge >= 0.3 is 5.69 Å². The highest BCUT2D eigenvalue weighted by Crippen LogP contribution is 2.30. The molecule has 2 aromatic heterocycles. The van der Waals surface area contributed by atoms with Crippen LogP contribution in [-0.2, 0) is 12.1 Å². The topological polar surface area (TPSA) is 99.9 Å². The molecule has 1 unspecified atom stereocenters. The van der Waals surface area contributed by atoms with Crippen LogP contribution in [0.15, 0.2) is 41.8 Å². The van der Waals surface area contributed by atoms with Crippen molar-refractivity contribution >= 4 is 5.82 Å². The molecule has 2 heterocycles. The third-order valence-corrected chi connectivity index (χ3v) is 6.62. The highest BCUT2D eigenvalue weighted by Gasteiger charge is 2.36. The normalized spacial score (nSPS) is 13.0. The van der Waals surface area contributed by atoms with Gasteiger partial charge in [-0.25, -0.2) is 27.6 Å². The summed E-state index contributed by atoms with van der Waals surface area (Å²) in [5.74, 6) is -2.67. The van der Waals surface area contributed by atoms with Crippen LogP contribution in [-0.4, -0.2) is 42.9 Å². The summed E-state index contributed by atoms with van der Waals surface area (Å²) in [7, 11) is 0. The first-order valence-electron chi connectivity index (χ1n) is 13.3. The number of aromatic nitrogens is 5. The first-order valence-corrected chi connectivity index (χ1v) is 13.3. The van der Waals surface area contributed by atoms with Crippen LogP contribution in [0.5, 0.6) is 0 Å². The SMILES string of the molecule is CCCCCCCCCCCCN(CC(O)(Cn1cncn1)c1ccc(F)cc1F)c1[nH]c(=O)ncc1F. The lowest BCUT2D eigenvalue weighted by atomic mass is 9.92. The number of anilines is 1. The van der Waals surface area contributed by atoms with E-state index in [9.17, 15) is 23.1 Å². The summed E-state index contributed by atoms with van der Waals surface area (Å²) in [4.78, 5) is 23.1. The van der Waals surface area contributed by atoms with Crippen LogP contribution in [0.2, 0.25) is 0 Å². The minimum Gasteiger partial charge on any atom is -0.381 e. The van der Waals surface area contributed by atoms with Gasteiger partial charge in [-0.1, -0.05) is 70.8 Å². The zero-order chi connectivity index (χ0) is 27.4. The maximum Gasteiger partial charge on any atom is 0.346 e. The minimum absolute atomic E-state index is 0.152. The van der Waals surface area contributed by atoms with Crippen LogP contribution >= 0.6 is 0 Å². The summed E-state index contributed by atoms with van der Waals surface area (Å²) in [5, 5.41) is 15.8. The first kappa shape index (κ1) is 29.3. The van der Waals surface area contributed by atoms with Gasteiger partial charge in [0.05, 0.1) is 19.3 Å². The molecule has 2 N–H and O–H groups in total. The second-order valence-corrected chi connectivity index (χ2v) is 9.74. The number of nitrogens with zero attached hydrogens (tertiary/aromatic N) is 5. The van der Waals surface area contributed by atoms with Gasteiger partial charge in [0.15, 0.2) is 5.82 Å². The number of unbranched alkanes of at least 4 members (excludes halogenated alkanes) is 9. The van der Waals surface area contributed by atoms with E-state index < -0.39 is 28.7 Å². The number of hydrogen-bond acceptors (Lipinski definition) is 6. The van der Waals surface area contributed by atoms with Gasteiger partial charge in [0.1, 0.15) is 35.7 Å². The average Bonchev–Trinajstić information content (AvgIpc) is 3.38. The standard InChI is InChI=1S/C27H37F3N6O2/c1-2-3-4-5-6-7-8-9-10-11-14-35(25-24(30)16-32-26(37)34-25)17-27(38,18-36-20-31-19-33-36)22-13-12-21(28)15-23(22)29/h12-13,15-16,19-20,38H,2-11,14,17-18H2,1H3,(H,32,34,37). The molecule has 0 amide bonds. The van der Waals surface area contributed by atoms with Crippen LogP contribution in [0.4, 0.5) is 19.0 Å². The molecule has 0 aliphatic carbocycles. The van der Waals surface area contributed by atoms with Crippen molar-refractivity contribution in [1.29, 1.82) is 0 Å². The van der Waals surface area contributed by atoms with E-state index in [0.717, 1.165) is 37.6 Å². The quantitative estimate of drug-likeness (QED) is 0.234. The molecule has 1 aromatic carbocycles. The molecule has 0 fully saturated rings. The van der Waals surface area contributed by atoms with Gasteiger partial charge in [-0.2, -0.15) is 10.1 Å². The summed E-state index contributed by atoms with van der Waals surface area (Å²) in [6.45, 7) is 1.95. The highest BCUT2D eigenvalue weighted by atomic mass is 19.1. The Bertz CT molecular complexity index is 1170. The molecule has 0 aliphatic heterocycles. The fourth-order valence-electron chi connectivity index (χ4n) is 4.65. The van der Waals surface area contributed by atoms with E-state index in [2.05, 4.69) is 27.0 Å². The van der Waals surface area contributed by atoms with Crippen LogP contribution in [0.3, 0.4) is 0 Å². The van der Waals surface area contributed by atoms with Crippen molar-refractivity contribution in [3.8, 4) is 0 Å². The van der Waals surface area contributed by atoms with Crippen molar-refractivity contribution in [3.05, 3.63) is 70.5 Å². The van der Waals surface area contributed by atoms with E-state index in [4.69, 9.17) is 0 Å². The Balaban J connectivity index is 1.76. The summed E-state index contributed by atoms with van der Waals surface area (Å²) < 4.78 is 44.7. The molecule has 0 radical (unpaired) electrons. The Labute approximate surface area is 220 Å². The first-order chi connectivity index (χ1) is 18.3. The molecular weight excluding hydrogens is 497 g/mol.